The highest BCUT2D eigenvalue weighted by atomic mass is 32.2. The van der Waals surface area contributed by atoms with Crippen molar-refractivity contribution in [2.75, 3.05) is 6.54 Å². The van der Waals surface area contributed by atoms with Gasteiger partial charge >= 0.3 is 0 Å². The average molecular weight is 321 g/mol. The summed E-state index contributed by atoms with van der Waals surface area (Å²) in [5.41, 5.74) is 1.61. The second-order valence-electron chi connectivity index (χ2n) is 5.37. The second kappa shape index (κ2) is 7.56. The van der Waals surface area contributed by atoms with Gasteiger partial charge in [0, 0.05) is 12.7 Å². The second-order valence-corrected chi connectivity index (χ2v) is 7.10. The molecule has 1 aromatic heterocycles. The van der Waals surface area contributed by atoms with Gasteiger partial charge in [-0.15, -0.1) is 0 Å². The molecule has 120 valence electrons. The van der Waals surface area contributed by atoms with Crippen molar-refractivity contribution in [1.82, 2.24) is 14.5 Å². The van der Waals surface area contributed by atoms with Crippen LogP contribution in [-0.4, -0.2) is 24.7 Å². The largest absolute Gasteiger partial charge is 0.267 e. The first-order valence-corrected chi connectivity index (χ1v) is 9.09. The summed E-state index contributed by atoms with van der Waals surface area (Å²) in [6, 6.07) is 9.85. The van der Waals surface area contributed by atoms with E-state index in [4.69, 9.17) is 0 Å². The van der Waals surface area contributed by atoms with Gasteiger partial charge in [-0.1, -0.05) is 50.1 Å². The van der Waals surface area contributed by atoms with E-state index in [1.165, 1.54) is 0 Å². The molecule has 0 amide bonds. The van der Waals surface area contributed by atoms with Gasteiger partial charge in [0.25, 0.3) is 0 Å². The molecular formula is C16H23N3O2S. The Hall–Kier alpha value is -1.66. The van der Waals surface area contributed by atoms with Crippen LogP contribution < -0.4 is 4.72 Å². The zero-order valence-corrected chi connectivity index (χ0v) is 13.9. The summed E-state index contributed by atoms with van der Waals surface area (Å²) >= 11 is 0. The van der Waals surface area contributed by atoms with Crippen LogP contribution >= 0.6 is 0 Å². The maximum Gasteiger partial charge on any atom is 0.243 e. The van der Waals surface area contributed by atoms with E-state index < -0.39 is 10.0 Å². The Bertz CT molecular complexity index is 693. The van der Waals surface area contributed by atoms with Crippen molar-refractivity contribution >= 4 is 10.0 Å². The Kier molecular flexibility index (Phi) is 5.74. The molecule has 22 heavy (non-hydrogen) atoms. The Labute approximate surface area is 132 Å². The smallest absolute Gasteiger partial charge is 0.243 e. The molecule has 2 rings (SSSR count). The van der Waals surface area contributed by atoms with Crippen molar-refractivity contribution in [3.8, 4) is 0 Å². The van der Waals surface area contributed by atoms with Crippen molar-refractivity contribution in [2.45, 2.75) is 44.6 Å². The monoisotopic (exact) mass is 321 g/mol. The summed E-state index contributed by atoms with van der Waals surface area (Å²) in [4.78, 5) is 0.264. The van der Waals surface area contributed by atoms with Gasteiger partial charge in [0.1, 0.15) is 4.90 Å². The number of hydrogen-bond acceptors (Lipinski definition) is 3. The fraction of sp³-hybridized carbons (Fsp3) is 0.438. The first-order valence-electron chi connectivity index (χ1n) is 7.60. The summed E-state index contributed by atoms with van der Waals surface area (Å²) in [6.07, 6.45) is 4.54. The number of nitrogens with zero attached hydrogens (tertiary/aromatic N) is 2. The Morgan fingerprint density at radius 2 is 1.91 bits per heavy atom. The van der Waals surface area contributed by atoms with E-state index in [1.54, 1.807) is 17.8 Å². The van der Waals surface area contributed by atoms with Crippen molar-refractivity contribution < 1.29 is 8.42 Å². The molecule has 0 aliphatic rings. The summed E-state index contributed by atoms with van der Waals surface area (Å²) in [6.45, 7) is 4.85. The maximum atomic E-state index is 12.3. The molecule has 0 atom stereocenters. The van der Waals surface area contributed by atoms with Crippen molar-refractivity contribution in [1.29, 1.82) is 0 Å². The molecule has 1 N–H and O–H groups in total. The van der Waals surface area contributed by atoms with Crippen LogP contribution in [0, 0.1) is 6.92 Å². The lowest BCUT2D eigenvalue weighted by Crippen LogP contribution is -2.25. The van der Waals surface area contributed by atoms with Gasteiger partial charge in [0.2, 0.25) is 10.0 Å². The lowest BCUT2D eigenvalue weighted by molar-refractivity contribution is 0.575. The van der Waals surface area contributed by atoms with Crippen molar-refractivity contribution in [3.05, 3.63) is 47.8 Å². The zero-order valence-electron chi connectivity index (χ0n) is 13.1. The minimum Gasteiger partial charge on any atom is -0.267 e. The summed E-state index contributed by atoms with van der Waals surface area (Å²) in [7, 11) is -3.48. The Morgan fingerprint density at radius 1 is 1.18 bits per heavy atom. The number of aryl methyl sites for hydroxylation is 1. The fourth-order valence-corrected chi connectivity index (χ4v) is 3.53. The van der Waals surface area contributed by atoms with Gasteiger partial charge in [0.15, 0.2) is 0 Å². The van der Waals surface area contributed by atoms with E-state index >= 15 is 0 Å². The quantitative estimate of drug-likeness (QED) is 0.760. The predicted molar refractivity (Wildman–Crippen MR) is 87.2 cm³/mol. The lowest BCUT2D eigenvalue weighted by Gasteiger charge is -2.04. The van der Waals surface area contributed by atoms with E-state index in [1.807, 2.05) is 30.3 Å². The van der Waals surface area contributed by atoms with Gasteiger partial charge in [0.05, 0.1) is 12.2 Å². The number of rotatable bonds is 8. The molecule has 6 heteroatoms. The van der Waals surface area contributed by atoms with Crippen LogP contribution in [-0.2, 0) is 16.6 Å². The molecule has 0 radical (unpaired) electrons. The number of aromatic nitrogens is 2. The third-order valence-electron chi connectivity index (χ3n) is 3.45. The van der Waals surface area contributed by atoms with Crippen LogP contribution in [0.3, 0.4) is 0 Å². The minimum absolute atomic E-state index is 0.264. The SMILES string of the molecule is CCCCCNS(=O)(=O)c1cn(Cc2ccccc2)nc1C. The van der Waals surface area contributed by atoms with E-state index in [0.29, 0.717) is 18.8 Å². The fourth-order valence-electron chi connectivity index (χ4n) is 2.27. The van der Waals surface area contributed by atoms with E-state index in [9.17, 15) is 8.42 Å². The molecule has 5 nitrogen and oxygen atoms in total. The average Bonchev–Trinajstić information content (AvgIpc) is 2.86. The minimum atomic E-state index is -3.48. The highest BCUT2D eigenvalue weighted by molar-refractivity contribution is 7.89. The topological polar surface area (TPSA) is 64.0 Å². The molecule has 0 aliphatic heterocycles. The molecule has 0 saturated heterocycles. The number of benzene rings is 1. The summed E-state index contributed by atoms with van der Waals surface area (Å²) in [5.74, 6) is 0. The van der Waals surface area contributed by atoms with Gasteiger partial charge in [-0.05, 0) is 18.9 Å². The molecule has 2 aromatic rings. The van der Waals surface area contributed by atoms with Crippen LogP contribution in [0.2, 0.25) is 0 Å². The molecule has 0 fully saturated rings. The molecule has 0 aliphatic carbocycles. The van der Waals surface area contributed by atoms with E-state index in [-0.39, 0.29) is 4.90 Å². The molecular weight excluding hydrogens is 298 g/mol. The van der Waals surface area contributed by atoms with Crippen LogP contribution in [0.15, 0.2) is 41.4 Å². The molecule has 0 bridgehead atoms. The van der Waals surface area contributed by atoms with Crippen molar-refractivity contribution in [3.63, 3.8) is 0 Å². The van der Waals surface area contributed by atoms with Crippen LogP contribution in [0.25, 0.3) is 0 Å². The van der Waals surface area contributed by atoms with Crippen LogP contribution in [0.1, 0.15) is 37.4 Å². The molecule has 1 heterocycles. The van der Waals surface area contributed by atoms with Gasteiger partial charge in [-0.3, -0.25) is 4.68 Å². The molecule has 0 spiro atoms. The highest BCUT2D eigenvalue weighted by Gasteiger charge is 2.19. The number of sulfonamides is 1. The third kappa shape index (κ3) is 4.42. The Morgan fingerprint density at radius 3 is 2.59 bits per heavy atom. The first-order chi connectivity index (χ1) is 10.5. The lowest BCUT2D eigenvalue weighted by atomic mass is 10.2. The molecule has 1 aromatic carbocycles. The van der Waals surface area contributed by atoms with E-state index in [0.717, 1.165) is 24.8 Å². The zero-order chi connectivity index (χ0) is 16.0. The normalized spacial score (nSPS) is 11.7. The van der Waals surface area contributed by atoms with Gasteiger partial charge in [-0.25, -0.2) is 13.1 Å². The molecule has 0 unspecified atom stereocenters. The number of unbranched alkanes of at least 4 members (excludes halogenated alkanes) is 2. The van der Waals surface area contributed by atoms with Gasteiger partial charge < -0.3 is 0 Å². The maximum absolute atomic E-state index is 12.3. The highest BCUT2D eigenvalue weighted by Crippen LogP contribution is 2.14. The number of nitrogens with one attached hydrogen (secondary N) is 1. The van der Waals surface area contributed by atoms with Crippen LogP contribution in [0.5, 0.6) is 0 Å². The Balaban J connectivity index is 2.08. The first kappa shape index (κ1) is 16.7. The molecule has 0 saturated carbocycles. The summed E-state index contributed by atoms with van der Waals surface area (Å²) < 4.78 is 29.0. The van der Waals surface area contributed by atoms with Gasteiger partial charge in [-0.2, -0.15) is 5.10 Å². The van der Waals surface area contributed by atoms with E-state index in [2.05, 4.69) is 16.7 Å². The third-order valence-corrected chi connectivity index (χ3v) is 5.01. The van der Waals surface area contributed by atoms with Crippen LogP contribution in [0.4, 0.5) is 0 Å². The number of hydrogen-bond donors (Lipinski definition) is 1. The standard InChI is InChI=1S/C16H23N3O2S/c1-3-4-8-11-17-22(20,21)16-13-19(18-14(16)2)12-15-9-6-5-7-10-15/h5-7,9-10,13,17H,3-4,8,11-12H2,1-2H3. The van der Waals surface area contributed by atoms with Crippen molar-refractivity contribution in [2.24, 2.45) is 0 Å². The summed E-state index contributed by atoms with van der Waals surface area (Å²) in [5, 5.41) is 4.31. The predicted octanol–water partition coefficient (Wildman–Crippen LogP) is 2.71.